The molecule has 0 nitrogen and oxygen atoms in total. The SMILES string of the molecule is Clc1ccc2c(Br)c3cc(Cl)ccc3cc2c1. The van der Waals surface area contributed by atoms with Crippen molar-refractivity contribution in [2.45, 2.75) is 0 Å². The van der Waals surface area contributed by atoms with E-state index in [1.54, 1.807) is 0 Å². The van der Waals surface area contributed by atoms with Gasteiger partial charge >= 0.3 is 0 Å². The summed E-state index contributed by atoms with van der Waals surface area (Å²) in [5, 5.41) is 6.02. The second kappa shape index (κ2) is 4.16. The summed E-state index contributed by atoms with van der Waals surface area (Å²) < 4.78 is 1.06. The van der Waals surface area contributed by atoms with E-state index < -0.39 is 0 Å². The van der Waals surface area contributed by atoms with Crippen LogP contribution in [0, 0.1) is 0 Å². The van der Waals surface area contributed by atoms with Crippen LogP contribution in [0.4, 0.5) is 0 Å². The van der Waals surface area contributed by atoms with Crippen LogP contribution < -0.4 is 0 Å². The molecule has 0 aromatic heterocycles. The van der Waals surface area contributed by atoms with E-state index in [2.05, 4.69) is 22.0 Å². The molecule has 0 spiro atoms. The summed E-state index contributed by atoms with van der Waals surface area (Å²) in [4.78, 5) is 0. The second-order valence-corrected chi connectivity index (χ2v) is 5.59. The molecule has 0 heterocycles. The van der Waals surface area contributed by atoms with Crippen LogP contribution in [-0.4, -0.2) is 0 Å². The predicted molar refractivity (Wildman–Crippen MR) is 79.2 cm³/mol. The monoisotopic (exact) mass is 324 g/mol. The molecule has 17 heavy (non-hydrogen) atoms. The fraction of sp³-hybridized carbons (Fsp3) is 0. The molecule has 0 saturated carbocycles. The Bertz CT molecular complexity index is 735. The van der Waals surface area contributed by atoms with E-state index in [0.29, 0.717) is 0 Å². The molecule has 0 N–H and O–H groups in total. The number of halogens is 3. The lowest BCUT2D eigenvalue weighted by Gasteiger charge is -2.07. The highest BCUT2D eigenvalue weighted by Crippen LogP contribution is 2.35. The van der Waals surface area contributed by atoms with Crippen LogP contribution in [0.2, 0.25) is 10.0 Å². The minimum atomic E-state index is 0.742. The van der Waals surface area contributed by atoms with Gasteiger partial charge in [0.2, 0.25) is 0 Å². The van der Waals surface area contributed by atoms with E-state index in [0.717, 1.165) is 36.1 Å². The first-order valence-corrected chi connectivity index (χ1v) is 6.67. The molecular formula is C14H7BrCl2. The first-order valence-electron chi connectivity index (χ1n) is 5.12. The molecule has 0 unspecified atom stereocenters. The third-order valence-electron chi connectivity index (χ3n) is 2.81. The van der Waals surface area contributed by atoms with Crippen molar-refractivity contribution in [3.63, 3.8) is 0 Å². The van der Waals surface area contributed by atoms with Crippen molar-refractivity contribution in [1.29, 1.82) is 0 Å². The summed E-state index contributed by atoms with van der Waals surface area (Å²) in [5.41, 5.74) is 0. The number of hydrogen-bond donors (Lipinski definition) is 0. The van der Waals surface area contributed by atoms with Crippen LogP contribution in [0.5, 0.6) is 0 Å². The molecule has 0 amide bonds. The summed E-state index contributed by atoms with van der Waals surface area (Å²) in [6.45, 7) is 0. The van der Waals surface area contributed by atoms with Crippen molar-refractivity contribution in [1.82, 2.24) is 0 Å². The van der Waals surface area contributed by atoms with E-state index in [9.17, 15) is 0 Å². The first-order chi connectivity index (χ1) is 8.15. The summed E-state index contributed by atoms with van der Waals surface area (Å²) in [5.74, 6) is 0. The van der Waals surface area contributed by atoms with Crippen LogP contribution >= 0.6 is 39.1 Å². The molecule has 84 valence electrons. The van der Waals surface area contributed by atoms with Crippen LogP contribution in [-0.2, 0) is 0 Å². The molecule has 3 aromatic rings. The van der Waals surface area contributed by atoms with Gasteiger partial charge in [-0.1, -0.05) is 35.3 Å². The molecule has 0 atom stereocenters. The molecule has 0 saturated heterocycles. The van der Waals surface area contributed by atoms with Gasteiger partial charge in [-0.05, 0) is 67.8 Å². The van der Waals surface area contributed by atoms with Crippen LogP contribution in [0.1, 0.15) is 0 Å². The maximum Gasteiger partial charge on any atom is 0.0412 e. The molecule has 0 radical (unpaired) electrons. The zero-order chi connectivity index (χ0) is 12.0. The van der Waals surface area contributed by atoms with Crippen molar-refractivity contribution in [2.24, 2.45) is 0 Å². The molecular weight excluding hydrogens is 319 g/mol. The fourth-order valence-corrected chi connectivity index (χ4v) is 3.07. The molecule has 0 aliphatic heterocycles. The molecule has 0 bridgehead atoms. The Labute approximate surface area is 117 Å². The predicted octanol–water partition coefficient (Wildman–Crippen LogP) is 6.06. The number of fused-ring (bicyclic) bond motifs is 2. The van der Waals surface area contributed by atoms with Gasteiger partial charge in [-0.25, -0.2) is 0 Å². The largest absolute Gasteiger partial charge is 0.0843 e. The van der Waals surface area contributed by atoms with Gasteiger partial charge in [0.15, 0.2) is 0 Å². The average molecular weight is 326 g/mol. The van der Waals surface area contributed by atoms with E-state index in [1.807, 2.05) is 36.4 Å². The van der Waals surface area contributed by atoms with Gasteiger partial charge in [0, 0.05) is 14.5 Å². The maximum absolute atomic E-state index is 6.03. The number of rotatable bonds is 0. The van der Waals surface area contributed by atoms with Gasteiger partial charge < -0.3 is 0 Å². The summed E-state index contributed by atoms with van der Waals surface area (Å²) in [6.07, 6.45) is 0. The Hall–Kier alpha value is -0.760. The van der Waals surface area contributed by atoms with Crippen molar-refractivity contribution in [3.05, 3.63) is 57.0 Å². The van der Waals surface area contributed by atoms with Gasteiger partial charge in [0.25, 0.3) is 0 Å². The Balaban J connectivity index is 2.52. The first kappa shape index (κ1) is 11.3. The number of hydrogen-bond acceptors (Lipinski definition) is 0. The van der Waals surface area contributed by atoms with Gasteiger partial charge in [0.05, 0.1) is 0 Å². The highest BCUT2D eigenvalue weighted by molar-refractivity contribution is 9.10. The number of benzene rings is 3. The average Bonchev–Trinajstić information content (AvgIpc) is 2.30. The molecule has 3 aromatic carbocycles. The van der Waals surface area contributed by atoms with Crippen LogP contribution in [0.15, 0.2) is 46.9 Å². The van der Waals surface area contributed by atoms with Gasteiger partial charge in [-0.15, -0.1) is 0 Å². The van der Waals surface area contributed by atoms with Crippen molar-refractivity contribution in [2.75, 3.05) is 0 Å². The smallest absolute Gasteiger partial charge is 0.0412 e. The van der Waals surface area contributed by atoms with Gasteiger partial charge in [0.1, 0.15) is 0 Å². The fourth-order valence-electron chi connectivity index (χ4n) is 2.01. The van der Waals surface area contributed by atoms with Crippen molar-refractivity contribution in [3.8, 4) is 0 Å². The van der Waals surface area contributed by atoms with E-state index >= 15 is 0 Å². The lowest BCUT2D eigenvalue weighted by Crippen LogP contribution is -1.80. The summed E-state index contributed by atoms with van der Waals surface area (Å²) >= 11 is 15.7. The topological polar surface area (TPSA) is 0 Å². The zero-order valence-corrected chi connectivity index (χ0v) is 11.8. The third-order valence-corrected chi connectivity index (χ3v) is 4.14. The third kappa shape index (κ3) is 1.93. The Morgan fingerprint density at radius 2 is 1.41 bits per heavy atom. The Morgan fingerprint density at radius 1 is 0.706 bits per heavy atom. The van der Waals surface area contributed by atoms with Gasteiger partial charge in [-0.3, -0.25) is 0 Å². The molecule has 0 aliphatic carbocycles. The highest BCUT2D eigenvalue weighted by atomic mass is 79.9. The summed E-state index contributed by atoms with van der Waals surface area (Å²) in [7, 11) is 0. The molecule has 0 fully saturated rings. The van der Waals surface area contributed by atoms with Crippen molar-refractivity contribution >= 4 is 60.7 Å². The van der Waals surface area contributed by atoms with E-state index in [1.165, 1.54) is 0 Å². The molecule has 3 heteroatoms. The lowest BCUT2D eigenvalue weighted by atomic mass is 10.0. The quantitative estimate of drug-likeness (QED) is 0.440. The highest BCUT2D eigenvalue weighted by Gasteiger charge is 2.06. The van der Waals surface area contributed by atoms with Crippen molar-refractivity contribution < 1.29 is 0 Å². The Kier molecular flexibility index (Phi) is 2.78. The lowest BCUT2D eigenvalue weighted by molar-refractivity contribution is 1.73. The van der Waals surface area contributed by atoms with E-state index in [-0.39, 0.29) is 0 Å². The minimum absolute atomic E-state index is 0.742. The maximum atomic E-state index is 6.03. The summed E-state index contributed by atoms with van der Waals surface area (Å²) in [6, 6.07) is 13.9. The standard InChI is InChI=1S/C14H7BrCl2/c15-14-12-4-3-10(16)6-9(12)5-8-1-2-11(17)7-13(8)14/h1-7H. The van der Waals surface area contributed by atoms with Crippen LogP contribution in [0.3, 0.4) is 0 Å². The normalized spacial score (nSPS) is 11.2. The molecule has 0 aliphatic rings. The minimum Gasteiger partial charge on any atom is -0.0843 e. The second-order valence-electron chi connectivity index (χ2n) is 3.92. The Morgan fingerprint density at radius 3 is 2.24 bits per heavy atom. The van der Waals surface area contributed by atoms with Gasteiger partial charge in [-0.2, -0.15) is 0 Å². The van der Waals surface area contributed by atoms with E-state index in [4.69, 9.17) is 23.2 Å². The molecule has 3 rings (SSSR count). The zero-order valence-electron chi connectivity index (χ0n) is 8.68. The van der Waals surface area contributed by atoms with Crippen LogP contribution in [0.25, 0.3) is 21.5 Å².